The minimum Gasteiger partial charge on any atom is -0.481 e. The molecule has 3 nitrogen and oxygen atoms in total. The second-order valence-corrected chi connectivity index (χ2v) is 3.34. The van der Waals surface area contributed by atoms with E-state index in [2.05, 4.69) is 14.7 Å². The monoisotopic (exact) mass is 220 g/mol. The van der Waals surface area contributed by atoms with E-state index in [4.69, 9.17) is 0 Å². The first-order chi connectivity index (χ1) is 6.88. The van der Waals surface area contributed by atoms with Crippen molar-refractivity contribution < 1.29 is 17.9 Å². The standard InChI is InChI=1S/C9H11F3N2O/c1-6(2)8-13-3-7(4-14-8)15-5-9(10,11)12/h3-4,6H,5H2,1-2H3. The van der Waals surface area contributed by atoms with Crippen LogP contribution in [0.1, 0.15) is 25.6 Å². The van der Waals surface area contributed by atoms with Gasteiger partial charge in [0.05, 0.1) is 12.4 Å². The number of rotatable bonds is 3. The first-order valence-electron chi connectivity index (χ1n) is 4.40. The van der Waals surface area contributed by atoms with Crippen molar-refractivity contribution >= 4 is 0 Å². The molecule has 0 aliphatic heterocycles. The topological polar surface area (TPSA) is 35.0 Å². The van der Waals surface area contributed by atoms with Gasteiger partial charge in [0.15, 0.2) is 12.4 Å². The summed E-state index contributed by atoms with van der Waals surface area (Å²) < 4.78 is 39.8. The summed E-state index contributed by atoms with van der Waals surface area (Å²) in [5.74, 6) is 0.743. The van der Waals surface area contributed by atoms with Gasteiger partial charge < -0.3 is 4.74 Å². The van der Waals surface area contributed by atoms with Crippen LogP contribution in [-0.4, -0.2) is 22.8 Å². The molecule has 0 bridgehead atoms. The fraction of sp³-hybridized carbons (Fsp3) is 0.556. The third-order valence-corrected chi connectivity index (χ3v) is 1.57. The Labute approximate surface area is 85.3 Å². The molecule has 0 atom stereocenters. The minimum absolute atomic E-state index is 0.0247. The van der Waals surface area contributed by atoms with Crippen molar-refractivity contribution in [2.75, 3.05) is 6.61 Å². The van der Waals surface area contributed by atoms with Crippen LogP contribution < -0.4 is 4.74 Å². The highest BCUT2D eigenvalue weighted by molar-refractivity contribution is 5.13. The molecule has 0 N–H and O–H groups in total. The Morgan fingerprint density at radius 1 is 1.27 bits per heavy atom. The molecule has 0 fully saturated rings. The second kappa shape index (κ2) is 4.46. The Bertz CT molecular complexity index is 308. The number of hydrogen-bond acceptors (Lipinski definition) is 3. The van der Waals surface area contributed by atoms with Crippen molar-refractivity contribution in [1.82, 2.24) is 9.97 Å². The number of aromatic nitrogens is 2. The summed E-state index contributed by atoms with van der Waals surface area (Å²) in [6.45, 7) is 2.47. The van der Waals surface area contributed by atoms with Gasteiger partial charge in [-0.05, 0) is 0 Å². The molecule has 1 rings (SSSR count). The van der Waals surface area contributed by atoms with E-state index >= 15 is 0 Å². The summed E-state index contributed by atoms with van der Waals surface area (Å²) in [7, 11) is 0. The number of halogens is 3. The first-order valence-corrected chi connectivity index (χ1v) is 4.40. The Morgan fingerprint density at radius 3 is 2.20 bits per heavy atom. The summed E-state index contributed by atoms with van der Waals surface area (Å²) in [6.07, 6.45) is -1.85. The van der Waals surface area contributed by atoms with E-state index < -0.39 is 12.8 Å². The van der Waals surface area contributed by atoms with E-state index in [9.17, 15) is 13.2 Å². The summed E-state index contributed by atoms with van der Waals surface area (Å²) in [5.41, 5.74) is 0. The van der Waals surface area contributed by atoms with E-state index in [1.165, 1.54) is 12.4 Å². The van der Waals surface area contributed by atoms with Crippen LogP contribution in [0.15, 0.2) is 12.4 Å². The maximum absolute atomic E-state index is 11.8. The Kier molecular flexibility index (Phi) is 3.49. The fourth-order valence-corrected chi connectivity index (χ4v) is 0.864. The minimum atomic E-state index is -4.34. The molecule has 1 aromatic heterocycles. The van der Waals surface area contributed by atoms with Crippen LogP contribution in [0.5, 0.6) is 5.75 Å². The van der Waals surface area contributed by atoms with Crippen molar-refractivity contribution in [2.45, 2.75) is 25.9 Å². The lowest BCUT2D eigenvalue weighted by molar-refractivity contribution is -0.153. The summed E-state index contributed by atoms with van der Waals surface area (Å²) in [6, 6.07) is 0. The van der Waals surface area contributed by atoms with Gasteiger partial charge in [-0.25, -0.2) is 9.97 Å². The number of alkyl halides is 3. The zero-order valence-electron chi connectivity index (χ0n) is 8.38. The van der Waals surface area contributed by atoms with E-state index in [-0.39, 0.29) is 11.7 Å². The number of hydrogen-bond donors (Lipinski definition) is 0. The summed E-state index contributed by atoms with van der Waals surface area (Å²) >= 11 is 0. The van der Waals surface area contributed by atoms with Crippen molar-refractivity contribution in [3.8, 4) is 5.75 Å². The Hall–Kier alpha value is -1.33. The van der Waals surface area contributed by atoms with Gasteiger partial charge in [0.1, 0.15) is 5.82 Å². The Balaban J connectivity index is 2.57. The van der Waals surface area contributed by atoms with Crippen LogP contribution in [0.3, 0.4) is 0 Å². The van der Waals surface area contributed by atoms with Gasteiger partial charge in [0, 0.05) is 5.92 Å². The second-order valence-electron chi connectivity index (χ2n) is 3.34. The van der Waals surface area contributed by atoms with Crippen LogP contribution in [0.2, 0.25) is 0 Å². The smallest absolute Gasteiger partial charge is 0.422 e. The molecule has 0 unspecified atom stereocenters. The van der Waals surface area contributed by atoms with Gasteiger partial charge in [0.2, 0.25) is 0 Å². The van der Waals surface area contributed by atoms with Gasteiger partial charge in [-0.15, -0.1) is 0 Å². The van der Waals surface area contributed by atoms with Crippen LogP contribution >= 0.6 is 0 Å². The van der Waals surface area contributed by atoms with Gasteiger partial charge >= 0.3 is 6.18 Å². The molecule has 1 aromatic rings. The van der Waals surface area contributed by atoms with E-state index in [1.807, 2.05) is 13.8 Å². The summed E-state index contributed by atoms with van der Waals surface area (Å²) in [4.78, 5) is 7.75. The SMILES string of the molecule is CC(C)c1ncc(OCC(F)(F)F)cn1. The first kappa shape index (κ1) is 11.7. The molecular weight excluding hydrogens is 209 g/mol. The normalized spacial score (nSPS) is 11.9. The quantitative estimate of drug-likeness (QED) is 0.785. The van der Waals surface area contributed by atoms with E-state index in [1.54, 1.807) is 0 Å². The molecule has 15 heavy (non-hydrogen) atoms. The molecule has 0 aliphatic rings. The molecule has 0 spiro atoms. The highest BCUT2D eigenvalue weighted by Crippen LogP contribution is 2.18. The predicted octanol–water partition coefficient (Wildman–Crippen LogP) is 2.54. The third kappa shape index (κ3) is 4.14. The lowest BCUT2D eigenvalue weighted by atomic mass is 10.2. The van der Waals surface area contributed by atoms with Gasteiger partial charge in [-0.3, -0.25) is 0 Å². The lowest BCUT2D eigenvalue weighted by Gasteiger charge is -2.09. The van der Waals surface area contributed by atoms with Crippen molar-refractivity contribution in [2.24, 2.45) is 0 Å². The molecule has 1 heterocycles. The molecule has 84 valence electrons. The van der Waals surface area contributed by atoms with E-state index in [0.717, 1.165) is 0 Å². The highest BCUT2D eigenvalue weighted by Gasteiger charge is 2.28. The molecular formula is C9H11F3N2O. The van der Waals surface area contributed by atoms with Crippen LogP contribution in [0.25, 0.3) is 0 Å². The molecule has 0 aliphatic carbocycles. The van der Waals surface area contributed by atoms with E-state index in [0.29, 0.717) is 5.82 Å². The summed E-state index contributed by atoms with van der Waals surface area (Å²) in [5, 5.41) is 0. The zero-order valence-corrected chi connectivity index (χ0v) is 8.38. The average molecular weight is 220 g/mol. The molecule has 0 radical (unpaired) electrons. The van der Waals surface area contributed by atoms with Gasteiger partial charge in [0.25, 0.3) is 0 Å². The third-order valence-electron chi connectivity index (χ3n) is 1.57. The van der Waals surface area contributed by atoms with Crippen molar-refractivity contribution in [1.29, 1.82) is 0 Å². The highest BCUT2D eigenvalue weighted by atomic mass is 19.4. The maximum atomic E-state index is 11.8. The van der Waals surface area contributed by atoms with Gasteiger partial charge in [-0.1, -0.05) is 13.8 Å². The largest absolute Gasteiger partial charge is 0.481 e. The fourth-order valence-electron chi connectivity index (χ4n) is 0.864. The maximum Gasteiger partial charge on any atom is 0.422 e. The van der Waals surface area contributed by atoms with Crippen LogP contribution in [0.4, 0.5) is 13.2 Å². The molecule has 0 aromatic carbocycles. The number of nitrogens with zero attached hydrogens (tertiary/aromatic N) is 2. The lowest BCUT2D eigenvalue weighted by Crippen LogP contribution is -2.19. The number of ether oxygens (including phenoxy) is 1. The van der Waals surface area contributed by atoms with Gasteiger partial charge in [-0.2, -0.15) is 13.2 Å². The molecule has 6 heteroatoms. The molecule has 0 amide bonds. The zero-order chi connectivity index (χ0) is 11.5. The van der Waals surface area contributed by atoms with Crippen LogP contribution in [-0.2, 0) is 0 Å². The molecule has 0 saturated heterocycles. The Morgan fingerprint density at radius 2 is 1.80 bits per heavy atom. The van der Waals surface area contributed by atoms with Crippen molar-refractivity contribution in [3.63, 3.8) is 0 Å². The predicted molar refractivity (Wildman–Crippen MR) is 47.7 cm³/mol. The molecule has 0 saturated carbocycles. The average Bonchev–Trinajstić information content (AvgIpc) is 2.14. The van der Waals surface area contributed by atoms with Crippen LogP contribution in [0, 0.1) is 0 Å². The van der Waals surface area contributed by atoms with Crippen molar-refractivity contribution in [3.05, 3.63) is 18.2 Å².